The first kappa shape index (κ1) is 20.2. The van der Waals surface area contributed by atoms with Crippen LogP contribution in [0.2, 0.25) is 0 Å². The van der Waals surface area contributed by atoms with Gasteiger partial charge in [-0.05, 0) is 29.8 Å². The second kappa shape index (κ2) is 9.63. The van der Waals surface area contributed by atoms with E-state index in [1.165, 1.54) is 43.6 Å². The summed E-state index contributed by atoms with van der Waals surface area (Å²) < 4.78 is 18.2. The van der Waals surface area contributed by atoms with E-state index in [9.17, 15) is 9.18 Å². The van der Waals surface area contributed by atoms with Gasteiger partial charge < -0.3 is 14.7 Å². The van der Waals surface area contributed by atoms with Gasteiger partial charge in [-0.3, -0.25) is 4.79 Å². The predicted molar refractivity (Wildman–Crippen MR) is 110 cm³/mol. The van der Waals surface area contributed by atoms with Crippen molar-refractivity contribution in [3.05, 3.63) is 71.4 Å². The van der Waals surface area contributed by atoms with Gasteiger partial charge in [0, 0.05) is 43.4 Å². The van der Waals surface area contributed by atoms with Crippen molar-refractivity contribution in [3.8, 4) is 11.4 Å². The molecule has 0 atom stereocenters. The molecule has 156 valence electrons. The summed E-state index contributed by atoms with van der Waals surface area (Å²) in [4.78, 5) is 18.1. The van der Waals surface area contributed by atoms with Crippen LogP contribution in [0.1, 0.15) is 36.3 Å². The second-order valence-corrected chi connectivity index (χ2v) is 7.75. The third kappa shape index (κ3) is 5.51. The van der Waals surface area contributed by atoms with Crippen molar-refractivity contribution in [2.75, 3.05) is 13.1 Å². The van der Waals surface area contributed by atoms with Gasteiger partial charge in [-0.25, -0.2) is 4.39 Å². The Labute approximate surface area is 175 Å². The highest BCUT2D eigenvalue weighted by atomic mass is 19.1. The van der Waals surface area contributed by atoms with E-state index in [4.69, 9.17) is 4.52 Å². The quantitative estimate of drug-likeness (QED) is 0.599. The van der Waals surface area contributed by atoms with Gasteiger partial charge in [-0.15, -0.1) is 0 Å². The van der Waals surface area contributed by atoms with Gasteiger partial charge in [0.1, 0.15) is 12.4 Å². The Balaban J connectivity index is 1.21. The van der Waals surface area contributed by atoms with Crippen molar-refractivity contribution >= 4 is 5.91 Å². The molecule has 0 spiro atoms. The lowest BCUT2D eigenvalue weighted by Gasteiger charge is -2.12. The first-order valence-corrected chi connectivity index (χ1v) is 10.4. The van der Waals surface area contributed by atoms with Crippen LogP contribution in [0.4, 0.5) is 4.39 Å². The van der Waals surface area contributed by atoms with E-state index >= 15 is 0 Å². The largest absolute Gasteiger partial charge is 0.352 e. The number of hydrogen-bond acceptors (Lipinski definition) is 4. The van der Waals surface area contributed by atoms with Crippen molar-refractivity contribution in [2.24, 2.45) is 0 Å². The summed E-state index contributed by atoms with van der Waals surface area (Å²) in [5.41, 5.74) is 3.10. The van der Waals surface area contributed by atoms with E-state index in [1.54, 1.807) is 17.0 Å². The molecule has 2 aromatic carbocycles. The molecule has 0 radical (unpaired) electrons. The smallest absolute Gasteiger partial charge is 0.227 e. The van der Waals surface area contributed by atoms with Crippen molar-refractivity contribution < 1.29 is 18.6 Å². The lowest BCUT2D eigenvalue weighted by Crippen LogP contribution is -3.08. The lowest BCUT2D eigenvalue weighted by molar-refractivity contribution is -0.901. The Kier molecular flexibility index (Phi) is 6.49. The minimum absolute atomic E-state index is 0.0675. The molecule has 1 fully saturated rings. The first-order valence-electron chi connectivity index (χ1n) is 10.4. The number of hydrogen-bond donors (Lipinski definition) is 2. The molecular weight excluding hydrogens is 383 g/mol. The monoisotopic (exact) mass is 409 g/mol. The summed E-state index contributed by atoms with van der Waals surface area (Å²) in [5.74, 6) is 0.392. The lowest BCUT2D eigenvalue weighted by atomic mass is 10.1. The SMILES string of the molecule is O=C(CCc1nc(-c2ccc(F)cc2)no1)NCc1ccc(C[NH+]2CCCC2)cc1. The van der Waals surface area contributed by atoms with Crippen LogP contribution in [0.15, 0.2) is 53.1 Å². The van der Waals surface area contributed by atoms with Crippen molar-refractivity contribution in [1.29, 1.82) is 0 Å². The van der Waals surface area contributed by atoms with Gasteiger partial charge in [-0.1, -0.05) is 29.4 Å². The van der Waals surface area contributed by atoms with Crippen LogP contribution in [0.5, 0.6) is 0 Å². The fourth-order valence-corrected chi connectivity index (χ4v) is 3.70. The number of likely N-dealkylation sites (tertiary alicyclic amines) is 1. The third-order valence-electron chi connectivity index (χ3n) is 5.41. The number of quaternary nitrogens is 1. The number of aryl methyl sites for hydroxylation is 1. The molecule has 1 amide bonds. The summed E-state index contributed by atoms with van der Waals surface area (Å²) in [6.07, 6.45) is 3.28. The van der Waals surface area contributed by atoms with Crippen molar-refractivity contribution in [3.63, 3.8) is 0 Å². The zero-order valence-electron chi connectivity index (χ0n) is 16.9. The molecule has 1 aliphatic rings. The molecular formula is C23H26FN4O2+. The number of carbonyl (C=O) groups is 1. The Morgan fingerprint density at radius 1 is 1.03 bits per heavy atom. The van der Waals surface area contributed by atoms with E-state index in [-0.39, 0.29) is 18.1 Å². The fourth-order valence-electron chi connectivity index (χ4n) is 3.70. The van der Waals surface area contributed by atoms with Gasteiger partial charge in [0.05, 0.1) is 13.1 Å². The zero-order chi connectivity index (χ0) is 20.8. The van der Waals surface area contributed by atoms with E-state index in [1.807, 2.05) is 0 Å². The van der Waals surface area contributed by atoms with Crippen LogP contribution < -0.4 is 10.2 Å². The number of nitrogens with zero attached hydrogens (tertiary/aromatic N) is 2. The number of nitrogens with one attached hydrogen (secondary N) is 2. The standard InChI is InChI=1S/C23H25FN4O2/c24-20-9-7-19(8-10-20)23-26-22(30-27-23)12-11-21(29)25-15-17-3-5-18(6-4-17)16-28-13-1-2-14-28/h3-10H,1-2,11-16H2,(H,25,29)/p+1. The number of carbonyl (C=O) groups excluding carboxylic acids is 1. The van der Waals surface area contributed by atoms with E-state index < -0.39 is 0 Å². The van der Waals surface area contributed by atoms with Crippen LogP contribution >= 0.6 is 0 Å². The number of rotatable bonds is 8. The highest BCUT2D eigenvalue weighted by Gasteiger charge is 2.15. The van der Waals surface area contributed by atoms with Crippen LogP contribution in [0, 0.1) is 5.82 Å². The van der Waals surface area contributed by atoms with E-state index in [0.717, 1.165) is 12.1 Å². The molecule has 1 aromatic heterocycles. The zero-order valence-corrected chi connectivity index (χ0v) is 16.9. The summed E-state index contributed by atoms with van der Waals surface area (Å²) in [7, 11) is 0. The normalized spacial score (nSPS) is 14.2. The minimum atomic E-state index is -0.318. The molecule has 0 saturated carbocycles. The maximum Gasteiger partial charge on any atom is 0.227 e. The van der Waals surface area contributed by atoms with Crippen LogP contribution in [-0.2, 0) is 24.3 Å². The maximum atomic E-state index is 13.0. The van der Waals surface area contributed by atoms with E-state index in [0.29, 0.717) is 30.2 Å². The average molecular weight is 409 g/mol. The number of aromatic nitrogens is 2. The number of halogens is 1. The molecule has 7 heteroatoms. The molecule has 2 heterocycles. The fraction of sp³-hybridized carbons (Fsp3) is 0.348. The Hall–Kier alpha value is -3.06. The summed E-state index contributed by atoms with van der Waals surface area (Å²) >= 11 is 0. The molecule has 0 bridgehead atoms. The average Bonchev–Trinajstić information content (AvgIpc) is 3.44. The van der Waals surface area contributed by atoms with Crippen LogP contribution in [0.3, 0.4) is 0 Å². The van der Waals surface area contributed by atoms with Gasteiger partial charge >= 0.3 is 0 Å². The topological polar surface area (TPSA) is 72.5 Å². The molecule has 0 unspecified atom stereocenters. The number of amides is 1. The number of benzene rings is 2. The summed E-state index contributed by atoms with van der Waals surface area (Å²) in [6, 6.07) is 14.3. The molecule has 0 aliphatic carbocycles. The van der Waals surface area contributed by atoms with Crippen molar-refractivity contribution in [1.82, 2.24) is 15.5 Å². The predicted octanol–water partition coefficient (Wildman–Crippen LogP) is 2.30. The molecule has 6 nitrogen and oxygen atoms in total. The molecule has 1 saturated heterocycles. The van der Waals surface area contributed by atoms with Gasteiger partial charge in [-0.2, -0.15) is 4.98 Å². The third-order valence-corrected chi connectivity index (χ3v) is 5.41. The van der Waals surface area contributed by atoms with Gasteiger partial charge in [0.2, 0.25) is 17.6 Å². The van der Waals surface area contributed by atoms with Gasteiger partial charge in [0.25, 0.3) is 0 Å². The molecule has 3 aromatic rings. The highest BCUT2D eigenvalue weighted by molar-refractivity contribution is 5.76. The van der Waals surface area contributed by atoms with Gasteiger partial charge in [0.15, 0.2) is 0 Å². The minimum Gasteiger partial charge on any atom is -0.352 e. The molecule has 1 aliphatic heterocycles. The van der Waals surface area contributed by atoms with Crippen LogP contribution in [-0.4, -0.2) is 29.1 Å². The van der Waals surface area contributed by atoms with E-state index in [2.05, 4.69) is 39.7 Å². The second-order valence-electron chi connectivity index (χ2n) is 7.75. The summed E-state index contributed by atoms with van der Waals surface area (Å²) in [5, 5.41) is 6.82. The Morgan fingerprint density at radius 3 is 2.47 bits per heavy atom. The highest BCUT2D eigenvalue weighted by Crippen LogP contribution is 2.16. The van der Waals surface area contributed by atoms with Crippen molar-refractivity contribution in [2.45, 2.75) is 38.8 Å². The Bertz CT molecular complexity index is 964. The molecule has 2 N–H and O–H groups in total. The maximum absolute atomic E-state index is 13.0. The molecule has 4 rings (SSSR count). The Morgan fingerprint density at radius 2 is 1.73 bits per heavy atom. The summed E-state index contributed by atoms with van der Waals surface area (Å²) in [6.45, 7) is 4.11. The molecule has 30 heavy (non-hydrogen) atoms. The first-order chi connectivity index (χ1) is 14.7. The van der Waals surface area contributed by atoms with Crippen LogP contribution in [0.25, 0.3) is 11.4 Å².